The van der Waals surface area contributed by atoms with Crippen LogP contribution in [0.25, 0.3) is 5.57 Å². The van der Waals surface area contributed by atoms with Gasteiger partial charge in [0.25, 0.3) is 5.91 Å². The predicted octanol–water partition coefficient (Wildman–Crippen LogP) is 3.86. The van der Waals surface area contributed by atoms with E-state index in [2.05, 4.69) is 16.7 Å². The molecule has 2 amide bonds. The zero-order valence-electron chi connectivity index (χ0n) is 17.2. The summed E-state index contributed by atoms with van der Waals surface area (Å²) in [5.41, 5.74) is 2.62. The van der Waals surface area contributed by atoms with E-state index in [-0.39, 0.29) is 5.91 Å². The molecule has 1 aromatic carbocycles. The minimum Gasteiger partial charge on any atom is -0.496 e. The summed E-state index contributed by atoms with van der Waals surface area (Å²) in [6, 6.07) is 3.98. The van der Waals surface area contributed by atoms with Gasteiger partial charge in [-0.15, -0.1) is 0 Å². The van der Waals surface area contributed by atoms with Crippen LogP contribution < -0.4 is 15.4 Å². The molecule has 6 nitrogen and oxygen atoms in total. The van der Waals surface area contributed by atoms with Crippen LogP contribution in [-0.2, 0) is 16.0 Å². The second-order valence-corrected chi connectivity index (χ2v) is 7.58. The molecule has 0 atom stereocenters. The molecule has 6 heteroatoms. The van der Waals surface area contributed by atoms with Crippen LogP contribution in [0.3, 0.4) is 0 Å². The first-order valence-electron chi connectivity index (χ1n) is 10.2. The highest BCUT2D eigenvalue weighted by Crippen LogP contribution is 2.46. The summed E-state index contributed by atoms with van der Waals surface area (Å²) in [6.07, 6.45) is 4.85. The first kappa shape index (κ1) is 20.2. The van der Waals surface area contributed by atoms with Gasteiger partial charge in [0.05, 0.1) is 18.2 Å². The zero-order valence-corrected chi connectivity index (χ0v) is 17.2. The fourth-order valence-electron chi connectivity index (χ4n) is 4.38. The van der Waals surface area contributed by atoms with Crippen LogP contribution in [0.15, 0.2) is 17.9 Å². The Kier molecular flexibility index (Phi) is 5.96. The number of aryl methyl sites for hydroxylation is 2. The number of rotatable bonds is 5. The van der Waals surface area contributed by atoms with E-state index >= 15 is 0 Å². The van der Waals surface area contributed by atoms with E-state index in [9.17, 15) is 9.59 Å². The summed E-state index contributed by atoms with van der Waals surface area (Å²) >= 11 is 0. The number of nitrogens with one attached hydrogen (secondary N) is 2. The lowest BCUT2D eigenvalue weighted by molar-refractivity contribution is -0.116. The van der Waals surface area contributed by atoms with E-state index in [0.29, 0.717) is 23.6 Å². The zero-order chi connectivity index (χ0) is 20.3. The molecule has 2 N–H and O–H groups in total. The molecule has 0 unspecified atom stereocenters. The van der Waals surface area contributed by atoms with Crippen LogP contribution in [0.4, 0.5) is 4.79 Å². The summed E-state index contributed by atoms with van der Waals surface area (Å²) in [4.78, 5) is 25.5. The largest absolute Gasteiger partial charge is 0.496 e. The van der Waals surface area contributed by atoms with Crippen molar-refractivity contribution < 1.29 is 19.1 Å². The molecular weight excluding hydrogens is 356 g/mol. The molecule has 0 aromatic heterocycles. The van der Waals surface area contributed by atoms with E-state index in [1.165, 1.54) is 0 Å². The molecule has 1 spiro atoms. The standard InChI is InChI=1S/C22H30N2O4/c1-5-15-12-14(3)13-16(27-4)17(15)18-19(28-21(26)23-6-2)22(24-20(18)25)10-8-7-9-11-22/h12-13H,5-11H2,1-4H3,(H,23,26)(H,24,25). The average Bonchev–Trinajstić information content (AvgIpc) is 2.92. The molecule has 1 saturated carbocycles. The molecule has 0 saturated heterocycles. The van der Waals surface area contributed by atoms with E-state index in [1.54, 1.807) is 7.11 Å². The first-order chi connectivity index (χ1) is 13.5. The lowest BCUT2D eigenvalue weighted by Crippen LogP contribution is -2.47. The Morgan fingerprint density at radius 1 is 1.21 bits per heavy atom. The van der Waals surface area contributed by atoms with Gasteiger partial charge in [0.15, 0.2) is 0 Å². The normalized spacial score (nSPS) is 18.2. The first-order valence-corrected chi connectivity index (χ1v) is 10.2. The van der Waals surface area contributed by atoms with Gasteiger partial charge in [0.2, 0.25) is 0 Å². The Hall–Kier alpha value is -2.50. The van der Waals surface area contributed by atoms with E-state index in [4.69, 9.17) is 9.47 Å². The Morgan fingerprint density at radius 3 is 2.54 bits per heavy atom. The van der Waals surface area contributed by atoms with Crippen LogP contribution in [-0.4, -0.2) is 31.2 Å². The number of hydrogen-bond acceptors (Lipinski definition) is 4. The molecule has 1 aliphatic heterocycles. The number of alkyl carbamates (subject to hydrolysis) is 1. The maximum atomic E-state index is 13.2. The van der Waals surface area contributed by atoms with Crippen molar-refractivity contribution in [2.75, 3.05) is 13.7 Å². The summed E-state index contributed by atoms with van der Waals surface area (Å²) in [6.45, 7) is 6.35. The highest BCUT2D eigenvalue weighted by molar-refractivity contribution is 6.24. The third-order valence-corrected chi connectivity index (χ3v) is 5.64. The second kappa shape index (κ2) is 8.25. The third-order valence-electron chi connectivity index (χ3n) is 5.64. The van der Waals surface area contributed by atoms with Crippen LogP contribution >= 0.6 is 0 Å². The van der Waals surface area contributed by atoms with Crippen LogP contribution in [0.2, 0.25) is 0 Å². The number of amides is 2. The van der Waals surface area contributed by atoms with E-state index in [1.807, 2.05) is 26.8 Å². The van der Waals surface area contributed by atoms with Crippen LogP contribution in [0.1, 0.15) is 62.6 Å². The van der Waals surface area contributed by atoms with Crippen LogP contribution in [0, 0.1) is 6.92 Å². The molecule has 2 aliphatic rings. The molecule has 0 bridgehead atoms. The number of carbonyl (C=O) groups is 2. The minimum atomic E-state index is -0.614. The average molecular weight is 386 g/mol. The monoisotopic (exact) mass is 386 g/mol. The minimum absolute atomic E-state index is 0.196. The molecule has 1 heterocycles. The van der Waals surface area contributed by atoms with Crippen molar-refractivity contribution in [3.63, 3.8) is 0 Å². The Morgan fingerprint density at radius 2 is 1.93 bits per heavy atom. The van der Waals surface area contributed by atoms with Crippen molar-refractivity contribution in [2.24, 2.45) is 0 Å². The van der Waals surface area contributed by atoms with Crippen molar-refractivity contribution in [1.82, 2.24) is 10.6 Å². The summed E-state index contributed by atoms with van der Waals surface area (Å²) in [7, 11) is 1.60. The van der Waals surface area contributed by atoms with Gasteiger partial charge in [-0.05, 0) is 50.3 Å². The van der Waals surface area contributed by atoms with Gasteiger partial charge in [-0.2, -0.15) is 0 Å². The molecular formula is C22H30N2O4. The van der Waals surface area contributed by atoms with Gasteiger partial charge in [-0.3, -0.25) is 4.79 Å². The maximum Gasteiger partial charge on any atom is 0.412 e. The molecule has 1 fully saturated rings. The van der Waals surface area contributed by atoms with Crippen molar-refractivity contribution in [3.8, 4) is 5.75 Å². The summed E-state index contributed by atoms with van der Waals surface area (Å²) in [5.74, 6) is 0.880. The summed E-state index contributed by atoms with van der Waals surface area (Å²) in [5, 5.41) is 5.84. The van der Waals surface area contributed by atoms with Crippen LogP contribution in [0.5, 0.6) is 5.75 Å². The smallest absolute Gasteiger partial charge is 0.412 e. The quantitative estimate of drug-likeness (QED) is 0.806. The van der Waals surface area contributed by atoms with E-state index in [0.717, 1.165) is 55.2 Å². The van der Waals surface area contributed by atoms with Gasteiger partial charge < -0.3 is 20.1 Å². The van der Waals surface area contributed by atoms with Crippen molar-refractivity contribution in [2.45, 2.75) is 64.8 Å². The number of methoxy groups -OCH3 is 1. The predicted molar refractivity (Wildman–Crippen MR) is 108 cm³/mol. The third kappa shape index (κ3) is 3.60. The Balaban J connectivity index is 2.22. The molecule has 28 heavy (non-hydrogen) atoms. The van der Waals surface area contributed by atoms with Gasteiger partial charge in [-0.1, -0.05) is 32.3 Å². The number of benzene rings is 1. The lowest BCUT2D eigenvalue weighted by Gasteiger charge is -2.34. The summed E-state index contributed by atoms with van der Waals surface area (Å²) < 4.78 is 11.4. The highest BCUT2D eigenvalue weighted by Gasteiger charge is 2.49. The number of carbonyl (C=O) groups excluding carboxylic acids is 2. The Bertz CT molecular complexity index is 782. The fraction of sp³-hybridized carbons (Fsp3) is 0.545. The SMILES string of the molecule is CCNC(=O)OC1=C(c2c(CC)cc(C)cc2OC)C(=O)NC12CCCCC2. The van der Waals surface area contributed by atoms with Gasteiger partial charge in [0, 0.05) is 12.1 Å². The van der Waals surface area contributed by atoms with Crippen molar-refractivity contribution in [3.05, 3.63) is 34.6 Å². The fourth-order valence-corrected chi connectivity index (χ4v) is 4.38. The molecule has 3 rings (SSSR count). The topological polar surface area (TPSA) is 76.7 Å². The van der Waals surface area contributed by atoms with Gasteiger partial charge in [0.1, 0.15) is 11.5 Å². The van der Waals surface area contributed by atoms with E-state index < -0.39 is 11.6 Å². The van der Waals surface area contributed by atoms with Gasteiger partial charge in [-0.25, -0.2) is 4.79 Å². The molecule has 152 valence electrons. The second-order valence-electron chi connectivity index (χ2n) is 7.58. The highest BCUT2D eigenvalue weighted by atomic mass is 16.6. The number of ether oxygens (including phenoxy) is 2. The Labute approximate surface area is 166 Å². The van der Waals surface area contributed by atoms with Crippen molar-refractivity contribution >= 4 is 17.6 Å². The maximum absolute atomic E-state index is 13.2. The van der Waals surface area contributed by atoms with Crippen molar-refractivity contribution in [1.29, 1.82) is 0 Å². The number of hydrogen-bond donors (Lipinski definition) is 2. The van der Waals surface area contributed by atoms with Gasteiger partial charge >= 0.3 is 6.09 Å². The molecule has 1 aromatic rings. The lowest BCUT2D eigenvalue weighted by atomic mass is 9.80. The molecule has 1 aliphatic carbocycles. The molecule has 0 radical (unpaired) electrons.